The van der Waals surface area contributed by atoms with Gasteiger partial charge < -0.3 is 5.11 Å². The van der Waals surface area contributed by atoms with E-state index in [1.54, 1.807) is 0 Å². The first kappa shape index (κ1) is 19.4. The molecule has 0 aromatic heterocycles. The van der Waals surface area contributed by atoms with Gasteiger partial charge in [-0.2, -0.15) is 0 Å². The molecule has 25 heavy (non-hydrogen) atoms. The van der Waals surface area contributed by atoms with E-state index in [4.69, 9.17) is 5.11 Å². The van der Waals surface area contributed by atoms with Crippen molar-refractivity contribution in [3.8, 4) is 0 Å². The van der Waals surface area contributed by atoms with Crippen LogP contribution in [0.1, 0.15) is 16.7 Å². The van der Waals surface area contributed by atoms with Crippen LogP contribution in [0.4, 0.5) is 0 Å². The molecule has 0 bridgehead atoms. The molecule has 0 saturated heterocycles. The normalized spacial score (nSPS) is 10.5. The Kier molecular flexibility index (Phi) is 7.41. The van der Waals surface area contributed by atoms with Crippen LogP contribution in [-0.4, -0.2) is 16.4 Å². The van der Waals surface area contributed by atoms with Crippen LogP contribution in [0.2, 0.25) is 0 Å². The van der Waals surface area contributed by atoms with E-state index < -0.39 is 5.97 Å². The summed E-state index contributed by atoms with van der Waals surface area (Å²) in [7, 11) is 0. The van der Waals surface area contributed by atoms with Crippen LogP contribution in [-0.2, 0) is 9.12 Å². The largest absolute Gasteiger partial charge is 0.481 e. The van der Waals surface area contributed by atoms with E-state index in [2.05, 4.69) is 105 Å². The second kappa shape index (κ2) is 9.54. The standard InChI is InChI=1S/C19H15Br.C2H3BrO2/c20-19(16-10-4-1-5-11-16,17-12-6-2-7-13-17)18-14-8-3-9-15-18;3-1-2(4)5/h1-15H;1H2,(H,4,5). The van der Waals surface area contributed by atoms with E-state index in [1.807, 2.05) is 18.2 Å². The summed E-state index contributed by atoms with van der Waals surface area (Å²) in [5.74, 6) is -0.829. The van der Waals surface area contributed by atoms with E-state index in [0.717, 1.165) is 0 Å². The topological polar surface area (TPSA) is 37.3 Å². The van der Waals surface area contributed by atoms with Crippen molar-refractivity contribution >= 4 is 37.8 Å². The summed E-state index contributed by atoms with van der Waals surface area (Å²) in [5, 5.41) is 7.71. The van der Waals surface area contributed by atoms with Crippen LogP contribution in [0.3, 0.4) is 0 Å². The highest BCUT2D eigenvalue weighted by Gasteiger charge is 2.32. The molecule has 0 spiro atoms. The molecule has 0 aliphatic heterocycles. The molecule has 4 heteroatoms. The first-order valence-corrected chi connectivity index (χ1v) is 9.63. The van der Waals surface area contributed by atoms with Crippen LogP contribution < -0.4 is 0 Å². The Morgan fingerprint density at radius 1 is 0.720 bits per heavy atom. The van der Waals surface area contributed by atoms with Crippen LogP contribution >= 0.6 is 31.9 Å². The van der Waals surface area contributed by atoms with Gasteiger partial charge in [-0.1, -0.05) is 123 Å². The molecular formula is C21H18Br2O2. The summed E-state index contributed by atoms with van der Waals surface area (Å²) in [6, 6.07) is 31.6. The van der Waals surface area contributed by atoms with Gasteiger partial charge >= 0.3 is 5.97 Å². The predicted molar refractivity (Wildman–Crippen MR) is 110 cm³/mol. The van der Waals surface area contributed by atoms with E-state index in [-0.39, 0.29) is 9.65 Å². The molecule has 0 radical (unpaired) electrons. The Hall–Kier alpha value is -1.91. The Bertz CT molecular complexity index is 678. The first-order chi connectivity index (χ1) is 12.1. The Morgan fingerprint density at radius 3 is 1.16 bits per heavy atom. The lowest BCUT2D eigenvalue weighted by Gasteiger charge is -2.29. The molecule has 2 nitrogen and oxygen atoms in total. The average Bonchev–Trinajstić information content (AvgIpc) is 2.70. The SMILES string of the molecule is BrC(c1ccccc1)(c1ccccc1)c1ccccc1.O=C(O)CBr. The fraction of sp³-hybridized carbons (Fsp3) is 0.0952. The lowest BCUT2D eigenvalue weighted by molar-refractivity contribution is -0.133. The molecular weight excluding hydrogens is 444 g/mol. The fourth-order valence-corrected chi connectivity index (χ4v) is 3.30. The zero-order valence-corrected chi connectivity index (χ0v) is 16.7. The second-order valence-corrected chi connectivity index (χ2v) is 7.03. The van der Waals surface area contributed by atoms with E-state index in [0.29, 0.717) is 0 Å². The number of carboxylic acid groups (broad SMARTS) is 1. The zero-order valence-electron chi connectivity index (χ0n) is 13.5. The van der Waals surface area contributed by atoms with Gasteiger partial charge in [-0.25, -0.2) is 0 Å². The molecule has 0 unspecified atom stereocenters. The predicted octanol–water partition coefficient (Wildman–Crippen LogP) is 5.84. The smallest absolute Gasteiger partial charge is 0.314 e. The van der Waals surface area contributed by atoms with Crippen molar-refractivity contribution in [2.24, 2.45) is 0 Å². The number of halogens is 2. The maximum Gasteiger partial charge on any atom is 0.314 e. The van der Waals surface area contributed by atoms with Crippen LogP contribution in [0.15, 0.2) is 91.0 Å². The van der Waals surface area contributed by atoms with Crippen molar-refractivity contribution in [3.63, 3.8) is 0 Å². The number of rotatable bonds is 4. The Morgan fingerprint density at radius 2 is 0.960 bits per heavy atom. The highest BCUT2D eigenvalue weighted by Crippen LogP contribution is 2.44. The molecule has 1 N–H and O–H groups in total. The minimum absolute atomic E-state index is 0.0347. The lowest BCUT2D eigenvalue weighted by atomic mass is 9.85. The molecule has 0 saturated carbocycles. The van der Waals surface area contributed by atoms with Gasteiger partial charge in [-0.3, -0.25) is 4.79 Å². The molecule has 0 atom stereocenters. The van der Waals surface area contributed by atoms with Crippen LogP contribution in [0, 0.1) is 0 Å². The minimum atomic E-state index is -0.829. The number of alkyl halides is 2. The zero-order chi connectivity index (χ0) is 18.1. The van der Waals surface area contributed by atoms with Gasteiger partial charge in [0.05, 0.1) is 0 Å². The summed E-state index contributed by atoms with van der Waals surface area (Å²) >= 11 is 6.72. The highest BCUT2D eigenvalue weighted by atomic mass is 79.9. The third-order valence-electron chi connectivity index (χ3n) is 3.63. The molecule has 3 aromatic carbocycles. The van der Waals surface area contributed by atoms with Gasteiger partial charge in [0.15, 0.2) is 0 Å². The maximum atomic E-state index is 9.32. The summed E-state index contributed by atoms with van der Waals surface area (Å²) in [4.78, 5) is 9.32. The van der Waals surface area contributed by atoms with Gasteiger partial charge in [-0.15, -0.1) is 0 Å². The highest BCUT2D eigenvalue weighted by molar-refractivity contribution is 9.10. The van der Waals surface area contributed by atoms with Crippen molar-refractivity contribution in [1.29, 1.82) is 0 Å². The third kappa shape index (κ3) is 5.03. The van der Waals surface area contributed by atoms with Crippen molar-refractivity contribution in [3.05, 3.63) is 108 Å². The second-order valence-electron chi connectivity index (χ2n) is 5.28. The quantitative estimate of drug-likeness (QED) is 0.391. The minimum Gasteiger partial charge on any atom is -0.481 e. The van der Waals surface area contributed by atoms with Crippen LogP contribution in [0.25, 0.3) is 0 Å². The lowest BCUT2D eigenvalue weighted by Crippen LogP contribution is -2.21. The number of carboxylic acids is 1. The number of hydrogen-bond donors (Lipinski definition) is 1. The molecule has 0 aliphatic rings. The van der Waals surface area contributed by atoms with Gasteiger partial charge in [0.2, 0.25) is 0 Å². The third-order valence-corrected chi connectivity index (χ3v) is 5.48. The van der Waals surface area contributed by atoms with Gasteiger partial charge in [0, 0.05) is 0 Å². The number of hydrogen-bond acceptors (Lipinski definition) is 1. The van der Waals surface area contributed by atoms with E-state index in [9.17, 15) is 4.79 Å². The molecule has 0 fully saturated rings. The fourth-order valence-electron chi connectivity index (χ4n) is 2.50. The van der Waals surface area contributed by atoms with Crippen molar-refractivity contribution in [2.75, 3.05) is 5.33 Å². The number of aliphatic carboxylic acids is 1. The summed E-state index contributed by atoms with van der Waals surface area (Å²) in [6.45, 7) is 0. The van der Waals surface area contributed by atoms with Gasteiger partial charge in [-0.05, 0) is 16.7 Å². The van der Waals surface area contributed by atoms with Gasteiger partial charge in [0.1, 0.15) is 9.65 Å². The molecule has 3 aromatic rings. The maximum absolute atomic E-state index is 9.32. The molecule has 0 heterocycles. The number of benzene rings is 3. The molecule has 3 rings (SSSR count). The van der Waals surface area contributed by atoms with Crippen molar-refractivity contribution in [1.82, 2.24) is 0 Å². The van der Waals surface area contributed by atoms with E-state index in [1.165, 1.54) is 16.7 Å². The Labute approximate surface area is 164 Å². The average molecular weight is 462 g/mol. The summed E-state index contributed by atoms with van der Waals surface area (Å²) < 4.78 is -0.309. The first-order valence-electron chi connectivity index (χ1n) is 7.72. The molecule has 0 aliphatic carbocycles. The van der Waals surface area contributed by atoms with Gasteiger partial charge in [0.25, 0.3) is 0 Å². The summed E-state index contributed by atoms with van der Waals surface area (Å²) in [5.41, 5.74) is 3.70. The van der Waals surface area contributed by atoms with Crippen molar-refractivity contribution in [2.45, 2.75) is 4.32 Å². The van der Waals surface area contributed by atoms with E-state index >= 15 is 0 Å². The van der Waals surface area contributed by atoms with Crippen LogP contribution in [0.5, 0.6) is 0 Å². The summed E-state index contributed by atoms with van der Waals surface area (Å²) in [6.07, 6.45) is 0. The molecule has 128 valence electrons. The monoisotopic (exact) mass is 460 g/mol. The molecule has 0 amide bonds. The Balaban J connectivity index is 0.000000399. The van der Waals surface area contributed by atoms with Crippen molar-refractivity contribution < 1.29 is 9.90 Å². The number of carbonyl (C=O) groups is 1.